The summed E-state index contributed by atoms with van der Waals surface area (Å²) in [7, 11) is 0. The van der Waals surface area contributed by atoms with Crippen LogP contribution in [0.3, 0.4) is 0 Å². The van der Waals surface area contributed by atoms with Crippen molar-refractivity contribution in [3.05, 3.63) is 36.2 Å². The van der Waals surface area contributed by atoms with Gasteiger partial charge in [0.25, 0.3) is 0 Å². The van der Waals surface area contributed by atoms with Gasteiger partial charge in [0.2, 0.25) is 5.95 Å². The quantitative estimate of drug-likeness (QED) is 0.796. The highest BCUT2D eigenvalue weighted by Crippen LogP contribution is 2.05. The molecular weight excluding hydrogens is 190 g/mol. The summed E-state index contributed by atoms with van der Waals surface area (Å²) in [6.07, 6.45) is 7.94. The number of nitrogens with zero attached hydrogens (tertiary/aromatic N) is 4. The Morgan fingerprint density at radius 2 is 2.00 bits per heavy atom. The zero-order chi connectivity index (χ0) is 10.7. The first-order valence-electron chi connectivity index (χ1n) is 4.88. The van der Waals surface area contributed by atoms with E-state index in [9.17, 15) is 0 Å². The molecule has 0 fully saturated rings. The molecule has 5 heteroatoms. The number of aromatic nitrogens is 4. The lowest BCUT2D eigenvalue weighted by Crippen LogP contribution is -2.06. The fourth-order valence-electron chi connectivity index (χ4n) is 1.36. The normalized spacial score (nSPS) is 10.5. The van der Waals surface area contributed by atoms with Gasteiger partial charge in [-0.2, -0.15) is 0 Å². The van der Waals surface area contributed by atoms with Crippen molar-refractivity contribution in [1.82, 2.24) is 19.5 Å². The number of nitrogens with two attached hydrogens (primary N) is 1. The zero-order valence-corrected chi connectivity index (χ0v) is 8.59. The summed E-state index contributed by atoms with van der Waals surface area (Å²) < 4.78 is 1.88. The Morgan fingerprint density at radius 1 is 1.27 bits per heavy atom. The van der Waals surface area contributed by atoms with Gasteiger partial charge in [0.05, 0.1) is 0 Å². The van der Waals surface area contributed by atoms with Crippen molar-refractivity contribution in [2.75, 3.05) is 0 Å². The second-order valence-electron chi connectivity index (χ2n) is 3.16. The molecule has 2 rings (SSSR count). The van der Waals surface area contributed by atoms with Crippen molar-refractivity contribution in [3.8, 4) is 5.95 Å². The molecule has 2 aromatic rings. The molecule has 0 aliphatic heterocycles. The summed E-state index contributed by atoms with van der Waals surface area (Å²) in [5, 5.41) is 0. The maximum absolute atomic E-state index is 5.48. The summed E-state index contributed by atoms with van der Waals surface area (Å²) >= 11 is 0. The lowest BCUT2D eigenvalue weighted by Gasteiger charge is -2.04. The predicted octanol–water partition coefficient (Wildman–Crippen LogP) is 0.683. The molecule has 2 heterocycles. The van der Waals surface area contributed by atoms with Crippen LogP contribution in [0.5, 0.6) is 0 Å². The second-order valence-corrected chi connectivity index (χ2v) is 3.16. The highest BCUT2D eigenvalue weighted by Gasteiger charge is 2.04. The second kappa shape index (κ2) is 4.18. The smallest absolute Gasteiger partial charge is 0.235 e. The third-order valence-corrected chi connectivity index (χ3v) is 2.18. The molecule has 0 saturated heterocycles. The molecule has 0 aromatic carbocycles. The Bertz CT molecular complexity index is 431. The van der Waals surface area contributed by atoms with E-state index < -0.39 is 0 Å². The molecule has 2 aromatic heterocycles. The lowest BCUT2D eigenvalue weighted by atomic mass is 10.3. The van der Waals surface area contributed by atoms with Gasteiger partial charge in [0.15, 0.2) is 0 Å². The van der Waals surface area contributed by atoms with Crippen LogP contribution in [-0.4, -0.2) is 19.5 Å². The van der Waals surface area contributed by atoms with E-state index in [1.54, 1.807) is 18.6 Å². The van der Waals surface area contributed by atoms with Crippen molar-refractivity contribution >= 4 is 0 Å². The Hall–Kier alpha value is -1.75. The molecule has 15 heavy (non-hydrogen) atoms. The summed E-state index contributed by atoms with van der Waals surface area (Å²) in [5.41, 5.74) is 6.40. The van der Waals surface area contributed by atoms with E-state index in [1.165, 1.54) is 0 Å². The van der Waals surface area contributed by atoms with Crippen molar-refractivity contribution < 1.29 is 0 Å². The van der Waals surface area contributed by atoms with Gasteiger partial charge in [-0.05, 0) is 0 Å². The average Bonchev–Trinajstić information content (AvgIpc) is 2.77. The van der Waals surface area contributed by atoms with Crippen molar-refractivity contribution in [3.63, 3.8) is 0 Å². The Labute approximate surface area is 88.0 Å². The van der Waals surface area contributed by atoms with E-state index in [2.05, 4.69) is 15.0 Å². The monoisotopic (exact) mass is 203 g/mol. The van der Waals surface area contributed by atoms with Crippen LogP contribution < -0.4 is 5.73 Å². The van der Waals surface area contributed by atoms with Crippen LogP contribution in [0, 0.1) is 0 Å². The molecule has 0 amide bonds. The molecule has 0 atom stereocenters. The number of aryl methyl sites for hydroxylation is 1. The number of hydrogen-bond acceptors (Lipinski definition) is 4. The average molecular weight is 203 g/mol. The fraction of sp³-hybridized carbons (Fsp3) is 0.300. The predicted molar refractivity (Wildman–Crippen MR) is 56.4 cm³/mol. The van der Waals surface area contributed by atoms with Crippen LogP contribution >= 0.6 is 0 Å². The summed E-state index contributed by atoms with van der Waals surface area (Å²) in [6.45, 7) is 2.51. The minimum absolute atomic E-state index is 0.463. The van der Waals surface area contributed by atoms with Gasteiger partial charge in [0.1, 0.15) is 5.82 Å². The molecule has 2 N–H and O–H groups in total. The molecule has 5 nitrogen and oxygen atoms in total. The molecule has 0 radical (unpaired) electrons. The molecule has 0 saturated carbocycles. The highest BCUT2D eigenvalue weighted by molar-refractivity contribution is 5.17. The van der Waals surface area contributed by atoms with Crippen LogP contribution in [0.4, 0.5) is 0 Å². The Morgan fingerprint density at radius 3 is 2.60 bits per heavy atom. The van der Waals surface area contributed by atoms with Gasteiger partial charge in [-0.1, -0.05) is 6.92 Å². The molecule has 0 bridgehead atoms. The Balaban J connectivity index is 2.37. The summed E-state index contributed by atoms with van der Waals surface area (Å²) in [4.78, 5) is 12.7. The van der Waals surface area contributed by atoms with Crippen LogP contribution in [0.2, 0.25) is 0 Å². The van der Waals surface area contributed by atoms with Crippen LogP contribution in [0.15, 0.2) is 24.8 Å². The van der Waals surface area contributed by atoms with E-state index in [-0.39, 0.29) is 0 Å². The van der Waals surface area contributed by atoms with E-state index in [0.29, 0.717) is 12.5 Å². The van der Waals surface area contributed by atoms with E-state index in [1.807, 2.05) is 17.7 Å². The third kappa shape index (κ3) is 1.87. The molecular formula is C10H13N5. The number of hydrogen-bond donors (Lipinski definition) is 1. The highest BCUT2D eigenvalue weighted by atomic mass is 15.2. The van der Waals surface area contributed by atoms with Gasteiger partial charge < -0.3 is 5.73 Å². The van der Waals surface area contributed by atoms with E-state index in [0.717, 1.165) is 17.8 Å². The fourth-order valence-corrected chi connectivity index (χ4v) is 1.36. The van der Waals surface area contributed by atoms with Crippen molar-refractivity contribution in [1.29, 1.82) is 0 Å². The largest absolute Gasteiger partial charge is 0.326 e. The van der Waals surface area contributed by atoms with Crippen LogP contribution in [0.1, 0.15) is 18.3 Å². The number of imidazole rings is 1. The zero-order valence-electron chi connectivity index (χ0n) is 8.59. The van der Waals surface area contributed by atoms with Gasteiger partial charge >= 0.3 is 0 Å². The van der Waals surface area contributed by atoms with Gasteiger partial charge in [0, 0.05) is 43.3 Å². The first-order chi connectivity index (χ1) is 7.35. The van der Waals surface area contributed by atoms with Gasteiger partial charge in [-0.25, -0.2) is 15.0 Å². The molecule has 0 unspecified atom stereocenters. The minimum atomic E-state index is 0.463. The maximum atomic E-state index is 5.48. The van der Waals surface area contributed by atoms with Crippen LogP contribution in [0.25, 0.3) is 5.95 Å². The minimum Gasteiger partial charge on any atom is -0.326 e. The third-order valence-electron chi connectivity index (χ3n) is 2.18. The summed E-state index contributed by atoms with van der Waals surface area (Å²) in [5.74, 6) is 1.59. The molecule has 0 spiro atoms. The van der Waals surface area contributed by atoms with Crippen LogP contribution in [-0.2, 0) is 13.0 Å². The lowest BCUT2D eigenvalue weighted by molar-refractivity contribution is 0.828. The standard InChI is InChI=1S/C10H13N5/c1-2-9-12-3-4-15(9)10-13-6-8(5-11)7-14-10/h3-4,6-7H,2,5,11H2,1H3. The van der Waals surface area contributed by atoms with Gasteiger partial charge in [-0.15, -0.1) is 0 Å². The van der Waals surface area contributed by atoms with Crippen molar-refractivity contribution in [2.24, 2.45) is 5.73 Å². The van der Waals surface area contributed by atoms with Gasteiger partial charge in [-0.3, -0.25) is 4.57 Å². The Kier molecular flexibility index (Phi) is 2.73. The van der Waals surface area contributed by atoms with E-state index in [4.69, 9.17) is 5.73 Å². The molecule has 0 aliphatic carbocycles. The van der Waals surface area contributed by atoms with E-state index >= 15 is 0 Å². The molecule has 78 valence electrons. The summed E-state index contributed by atoms with van der Waals surface area (Å²) in [6, 6.07) is 0. The first kappa shape index (κ1) is 9.79. The number of rotatable bonds is 3. The maximum Gasteiger partial charge on any atom is 0.235 e. The first-order valence-corrected chi connectivity index (χ1v) is 4.88. The van der Waals surface area contributed by atoms with Crippen molar-refractivity contribution in [2.45, 2.75) is 19.9 Å². The molecule has 0 aliphatic rings. The SMILES string of the molecule is CCc1nccn1-c1ncc(CN)cn1. The topological polar surface area (TPSA) is 69.6 Å².